The van der Waals surface area contributed by atoms with Crippen molar-refractivity contribution in [2.45, 2.75) is 20.8 Å². The van der Waals surface area contributed by atoms with Gasteiger partial charge in [-0.3, -0.25) is 10.1 Å². The standard InChI is InChI=1S/C19H23N3OS/c1-4-22(5-2)16-11-12-17(14(3)13-16)20-19(24)21-18(23)15-9-7-6-8-10-15/h6-13H,4-5H2,1-3H3,(H2,20,21,23,24). The van der Waals surface area contributed by atoms with Crippen LogP contribution in [0.2, 0.25) is 0 Å². The Morgan fingerprint density at radius 2 is 1.75 bits per heavy atom. The molecule has 0 saturated heterocycles. The smallest absolute Gasteiger partial charge is 0.257 e. The zero-order chi connectivity index (χ0) is 17.5. The summed E-state index contributed by atoms with van der Waals surface area (Å²) in [6.07, 6.45) is 0. The minimum Gasteiger partial charge on any atom is -0.372 e. The van der Waals surface area contributed by atoms with Crippen molar-refractivity contribution in [2.75, 3.05) is 23.3 Å². The van der Waals surface area contributed by atoms with E-state index >= 15 is 0 Å². The van der Waals surface area contributed by atoms with Crippen LogP contribution in [0.1, 0.15) is 29.8 Å². The second-order valence-electron chi connectivity index (χ2n) is 5.45. The molecule has 1 amide bonds. The van der Waals surface area contributed by atoms with Gasteiger partial charge in [-0.15, -0.1) is 0 Å². The van der Waals surface area contributed by atoms with E-state index in [1.807, 2.05) is 31.2 Å². The van der Waals surface area contributed by atoms with Crippen LogP contribution in [0.4, 0.5) is 11.4 Å². The number of anilines is 2. The third kappa shape index (κ3) is 4.55. The number of nitrogens with zero attached hydrogens (tertiary/aromatic N) is 1. The van der Waals surface area contributed by atoms with E-state index in [1.165, 1.54) is 5.69 Å². The molecule has 0 aromatic heterocycles. The van der Waals surface area contributed by atoms with Crippen LogP contribution in [0, 0.1) is 6.92 Å². The van der Waals surface area contributed by atoms with Gasteiger partial charge in [0, 0.05) is 30.0 Å². The van der Waals surface area contributed by atoms with Crippen molar-refractivity contribution in [1.82, 2.24) is 5.32 Å². The molecule has 0 spiro atoms. The molecule has 4 nitrogen and oxygen atoms in total. The zero-order valence-corrected chi connectivity index (χ0v) is 15.1. The number of carbonyl (C=O) groups excluding carboxylic acids is 1. The summed E-state index contributed by atoms with van der Waals surface area (Å²) < 4.78 is 0. The lowest BCUT2D eigenvalue weighted by molar-refractivity contribution is 0.0977. The maximum absolute atomic E-state index is 12.1. The molecule has 0 radical (unpaired) electrons. The van der Waals surface area contributed by atoms with Crippen LogP contribution >= 0.6 is 12.2 Å². The van der Waals surface area contributed by atoms with Gasteiger partial charge in [0.1, 0.15) is 0 Å². The lowest BCUT2D eigenvalue weighted by Crippen LogP contribution is -2.34. The normalized spacial score (nSPS) is 10.1. The summed E-state index contributed by atoms with van der Waals surface area (Å²) in [5.74, 6) is -0.217. The molecule has 5 heteroatoms. The number of amides is 1. The molecule has 0 bridgehead atoms. The van der Waals surface area contributed by atoms with Crippen molar-refractivity contribution in [3.05, 3.63) is 59.7 Å². The molecule has 2 aromatic carbocycles. The van der Waals surface area contributed by atoms with E-state index in [-0.39, 0.29) is 5.91 Å². The van der Waals surface area contributed by atoms with E-state index in [2.05, 4.69) is 41.5 Å². The first-order valence-corrected chi connectivity index (χ1v) is 8.49. The lowest BCUT2D eigenvalue weighted by Gasteiger charge is -2.22. The molecule has 0 aliphatic rings. The molecule has 0 atom stereocenters. The van der Waals surface area contributed by atoms with Crippen LogP contribution in [0.3, 0.4) is 0 Å². The zero-order valence-electron chi connectivity index (χ0n) is 14.3. The van der Waals surface area contributed by atoms with E-state index in [0.29, 0.717) is 10.7 Å². The summed E-state index contributed by atoms with van der Waals surface area (Å²) in [6, 6.07) is 15.2. The van der Waals surface area contributed by atoms with Crippen molar-refractivity contribution < 1.29 is 4.79 Å². The van der Waals surface area contributed by atoms with Crippen molar-refractivity contribution >= 4 is 34.6 Å². The number of rotatable bonds is 5. The second-order valence-corrected chi connectivity index (χ2v) is 5.85. The Hall–Kier alpha value is -2.40. The van der Waals surface area contributed by atoms with Crippen LogP contribution < -0.4 is 15.5 Å². The molecule has 2 aromatic rings. The van der Waals surface area contributed by atoms with Gasteiger partial charge in [-0.1, -0.05) is 18.2 Å². The highest BCUT2D eigenvalue weighted by atomic mass is 32.1. The van der Waals surface area contributed by atoms with Crippen molar-refractivity contribution in [3.63, 3.8) is 0 Å². The SMILES string of the molecule is CCN(CC)c1ccc(NC(=S)NC(=O)c2ccccc2)c(C)c1. The van der Waals surface area contributed by atoms with Crippen LogP contribution in [-0.2, 0) is 0 Å². The molecule has 0 aliphatic heterocycles. The van der Waals surface area contributed by atoms with Gasteiger partial charge in [-0.25, -0.2) is 0 Å². The van der Waals surface area contributed by atoms with E-state index in [1.54, 1.807) is 12.1 Å². The van der Waals surface area contributed by atoms with E-state index in [4.69, 9.17) is 12.2 Å². The van der Waals surface area contributed by atoms with Gasteiger partial charge < -0.3 is 10.2 Å². The fourth-order valence-electron chi connectivity index (χ4n) is 2.49. The lowest BCUT2D eigenvalue weighted by atomic mass is 10.1. The Labute approximate surface area is 148 Å². The highest BCUT2D eigenvalue weighted by Crippen LogP contribution is 2.22. The summed E-state index contributed by atoms with van der Waals surface area (Å²) in [5, 5.41) is 6.09. The molecule has 0 saturated carbocycles. The average molecular weight is 341 g/mol. The van der Waals surface area contributed by atoms with Crippen LogP contribution in [-0.4, -0.2) is 24.1 Å². The molecule has 0 fully saturated rings. The van der Waals surface area contributed by atoms with Gasteiger partial charge in [-0.2, -0.15) is 0 Å². The Balaban J connectivity index is 2.03. The minimum atomic E-state index is -0.217. The highest BCUT2D eigenvalue weighted by molar-refractivity contribution is 7.80. The summed E-state index contributed by atoms with van der Waals surface area (Å²) >= 11 is 5.25. The average Bonchev–Trinajstić information content (AvgIpc) is 2.59. The van der Waals surface area contributed by atoms with Crippen LogP contribution in [0.25, 0.3) is 0 Å². The Bertz CT molecular complexity index is 712. The van der Waals surface area contributed by atoms with Crippen LogP contribution in [0.5, 0.6) is 0 Å². The van der Waals surface area contributed by atoms with Gasteiger partial charge >= 0.3 is 0 Å². The van der Waals surface area contributed by atoms with Gasteiger partial charge in [0.05, 0.1) is 0 Å². The number of thiocarbonyl (C=S) groups is 1. The monoisotopic (exact) mass is 341 g/mol. The van der Waals surface area contributed by atoms with Crippen molar-refractivity contribution in [1.29, 1.82) is 0 Å². The first kappa shape index (κ1) is 17.9. The number of nitrogens with one attached hydrogen (secondary N) is 2. The molecular formula is C19H23N3OS. The summed E-state index contributed by atoms with van der Waals surface area (Å²) in [4.78, 5) is 14.4. The maximum Gasteiger partial charge on any atom is 0.257 e. The predicted molar refractivity (Wildman–Crippen MR) is 105 cm³/mol. The van der Waals surface area contributed by atoms with Gasteiger partial charge in [-0.05, 0) is 68.9 Å². The molecule has 2 rings (SSSR count). The number of benzene rings is 2. The molecule has 0 heterocycles. The molecule has 0 unspecified atom stereocenters. The minimum absolute atomic E-state index is 0.217. The molecular weight excluding hydrogens is 318 g/mol. The van der Waals surface area contributed by atoms with Crippen molar-refractivity contribution in [2.24, 2.45) is 0 Å². The summed E-state index contributed by atoms with van der Waals surface area (Å²) in [6.45, 7) is 8.23. The Kier molecular flexibility index (Phi) is 6.32. The molecule has 2 N–H and O–H groups in total. The number of aryl methyl sites for hydroxylation is 1. The third-order valence-electron chi connectivity index (χ3n) is 3.85. The largest absolute Gasteiger partial charge is 0.372 e. The second kappa shape index (κ2) is 8.45. The van der Waals surface area contributed by atoms with E-state index in [9.17, 15) is 4.79 Å². The number of hydrogen-bond acceptors (Lipinski definition) is 3. The Morgan fingerprint density at radius 1 is 1.08 bits per heavy atom. The molecule has 126 valence electrons. The fraction of sp³-hybridized carbons (Fsp3) is 0.263. The third-order valence-corrected chi connectivity index (χ3v) is 4.05. The summed E-state index contributed by atoms with van der Waals surface area (Å²) in [5.41, 5.74) is 3.73. The van der Waals surface area contributed by atoms with Gasteiger partial charge in [0.15, 0.2) is 5.11 Å². The van der Waals surface area contributed by atoms with E-state index in [0.717, 1.165) is 24.3 Å². The molecule has 24 heavy (non-hydrogen) atoms. The Morgan fingerprint density at radius 3 is 2.33 bits per heavy atom. The number of carbonyl (C=O) groups is 1. The predicted octanol–water partition coefficient (Wildman–Crippen LogP) is 3.97. The highest BCUT2D eigenvalue weighted by Gasteiger charge is 2.09. The van der Waals surface area contributed by atoms with Gasteiger partial charge in [0.2, 0.25) is 0 Å². The topological polar surface area (TPSA) is 44.4 Å². The molecule has 0 aliphatic carbocycles. The first-order chi connectivity index (χ1) is 11.5. The van der Waals surface area contributed by atoms with Crippen molar-refractivity contribution in [3.8, 4) is 0 Å². The summed E-state index contributed by atoms with van der Waals surface area (Å²) in [7, 11) is 0. The van der Waals surface area contributed by atoms with E-state index < -0.39 is 0 Å². The number of hydrogen-bond donors (Lipinski definition) is 2. The van der Waals surface area contributed by atoms with Crippen LogP contribution in [0.15, 0.2) is 48.5 Å². The van der Waals surface area contributed by atoms with Gasteiger partial charge in [0.25, 0.3) is 5.91 Å². The maximum atomic E-state index is 12.1. The quantitative estimate of drug-likeness (QED) is 0.808. The fourth-order valence-corrected chi connectivity index (χ4v) is 2.69. The first-order valence-electron chi connectivity index (χ1n) is 8.08.